The molecule has 0 spiro atoms. The smallest absolute Gasteiger partial charge is 0.137 e. The zero-order valence-corrected chi connectivity index (χ0v) is 12.0. The van der Waals surface area contributed by atoms with Gasteiger partial charge in [0.2, 0.25) is 0 Å². The van der Waals surface area contributed by atoms with E-state index in [1.807, 2.05) is 45.2 Å². The van der Waals surface area contributed by atoms with Crippen LogP contribution in [0.15, 0.2) is 24.3 Å². The number of anilines is 1. The zero-order chi connectivity index (χ0) is 13.8. The topological polar surface area (TPSA) is 47.0 Å². The van der Waals surface area contributed by atoms with Gasteiger partial charge in [0.1, 0.15) is 17.4 Å². The molecule has 0 saturated carbocycles. The highest BCUT2D eigenvalue weighted by molar-refractivity contribution is 6.32. The number of rotatable bonds is 4. The van der Waals surface area contributed by atoms with Crippen LogP contribution in [-0.2, 0) is 0 Å². The van der Waals surface area contributed by atoms with Crippen molar-refractivity contribution in [3.63, 3.8) is 0 Å². The highest BCUT2D eigenvalue weighted by Crippen LogP contribution is 2.30. The van der Waals surface area contributed by atoms with Gasteiger partial charge in [0.05, 0.1) is 17.3 Å². The molecule has 0 saturated heterocycles. The van der Waals surface area contributed by atoms with Crippen LogP contribution >= 0.6 is 11.6 Å². The van der Waals surface area contributed by atoms with Crippen molar-refractivity contribution in [3.8, 4) is 17.0 Å². The molecule has 19 heavy (non-hydrogen) atoms. The van der Waals surface area contributed by atoms with Crippen LogP contribution < -0.4 is 10.1 Å². The van der Waals surface area contributed by atoms with Crippen molar-refractivity contribution in [1.82, 2.24) is 9.97 Å². The molecule has 0 atom stereocenters. The second-order valence-corrected chi connectivity index (χ2v) is 4.42. The standard InChI is InChI=1S/C14H16ClN3O/c1-4-19-13-6-5-10(7-11(13)15)12-8-14(16-3)18-9(2)17-12/h5-8H,4H2,1-3H3,(H,16,17,18). The molecule has 0 fully saturated rings. The second kappa shape index (κ2) is 5.89. The minimum Gasteiger partial charge on any atom is -0.492 e. The molecule has 100 valence electrons. The molecule has 0 bridgehead atoms. The fourth-order valence-corrected chi connectivity index (χ4v) is 2.01. The molecule has 5 heteroatoms. The van der Waals surface area contributed by atoms with Gasteiger partial charge in [-0.05, 0) is 32.0 Å². The third-order valence-corrected chi connectivity index (χ3v) is 2.92. The van der Waals surface area contributed by atoms with Crippen LogP contribution in [0.1, 0.15) is 12.7 Å². The summed E-state index contributed by atoms with van der Waals surface area (Å²) in [5, 5.41) is 3.60. The van der Waals surface area contributed by atoms with Crippen molar-refractivity contribution in [1.29, 1.82) is 0 Å². The van der Waals surface area contributed by atoms with E-state index in [9.17, 15) is 0 Å². The summed E-state index contributed by atoms with van der Waals surface area (Å²) in [5.74, 6) is 2.19. The first-order valence-electron chi connectivity index (χ1n) is 6.10. The SMILES string of the molecule is CCOc1ccc(-c2cc(NC)nc(C)n2)cc1Cl. The molecule has 0 amide bonds. The Morgan fingerprint density at radius 2 is 2.05 bits per heavy atom. The molecule has 2 aromatic rings. The number of aromatic nitrogens is 2. The van der Waals surface area contributed by atoms with E-state index >= 15 is 0 Å². The molecule has 1 N–H and O–H groups in total. The summed E-state index contributed by atoms with van der Waals surface area (Å²) in [6.07, 6.45) is 0. The van der Waals surface area contributed by atoms with Gasteiger partial charge in [0.15, 0.2) is 0 Å². The second-order valence-electron chi connectivity index (χ2n) is 4.01. The minimum atomic E-state index is 0.585. The van der Waals surface area contributed by atoms with Crippen LogP contribution in [0.4, 0.5) is 5.82 Å². The lowest BCUT2D eigenvalue weighted by atomic mass is 10.1. The molecule has 0 aliphatic carbocycles. The summed E-state index contributed by atoms with van der Waals surface area (Å²) in [5.41, 5.74) is 1.78. The van der Waals surface area contributed by atoms with Crippen LogP contribution in [0, 0.1) is 6.92 Å². The highest BCUT2D eigenvalue weighted by Gasteiger charge is 2.07. The van der Waals surface area contributed by atoms with Gasteiger partial charge >= 0.3 is 0 Å². The molecule has 1 aromatic heterocycles. The Bertz CT molecular complexity index is 587. The maximum Gasteiger partial charge on any atom is 0.137 e. The third kappa shape index (κ3) is 3.15. The third-order valence-electron chi connectivity index (χ3n) is 2.62. The van der Waals surface area contributed by atoms with E-state index in [4.69, 9.17) is 16.3 Å². The molecule has 1 heterocycles. The molecule has 2 rings (SSSR count). The zero-order valence-electron chi connectivity index (χ0n) is 11.2. The number of hydrogen-bond donors (Lipinski definition) is 1. The Labute approximate surface area is 117 Å². The predicted molar refractivity (Wildman–Crippen MR) is 77.9 cm³/mol. The number of hydrogen-bond acceptors (Lipinski definition) is 4. The lowest BCUT2D eigenvalue weighted by Crippen LogP contribution is -1.98. The average Bonchev–Trinajstić information content (AvgIpc) is 2.40. The molecule has 0 radical (unpaired) electrons. The van der Waals surface area contributed by atoms with Crippen LogP contribution in [0.5, 0.6) is 5.75 Å². The molecule has 4 nitrogen and oxygen atoms in total. The fourth-order valence-electron chi connectivity index (χ4n) is 1.78. The molecule has 0 unspecified atom stereocenters. The number of nitrogens with zero attached hydrogens (tertiary/aromatic N) is 2. The summed E-state index contributed by atoms with van der Waals surface area (Å²) in [6, 6.07) is 7.54. The van der Waals surface area contributed by atoms with Crippen LogP contribution in [0.3, 0.4) is 0 Å². The number of nitrogens with one attached hydrogen (secondary N) is 1. The number of benzene rings is 1. The number of aryl methyl sites for hydroxylation is 1. The van der Waals surface area contributed by atoms with Crippen LogP contribution in [-0.4, -0.2) is 23.6 Å². The number of ether oxygens (including phenoxy) is 1. The van der Waals surface area contributed by atoms with Gasteiger partial charge < -0.3 is 10.1 Å². The monoisotopic (exact) mass is 277 g/mol. The van der Waals surface area contributed by atoms with E-state index < -0.39 is 0 Å². The van der Waals surface area contributed by atoms with E-state index in [1.54, 1.807) is 0 Å². The highest BCUT2D eigenvalue weighted by atomic mass is 35.5. The van der Waals surface area contributed by atoms with Crippen molar-refractivity contribution in [3.05, 3.63) is 35.1 Å². The van der Waals surface area contributed by atoms with Gasteiger partial charge in [0, 0.05) is 18.7 Å². The molecular formula is C14H16ClN3O. The summed E-state index contributed by atoms with van der Waals surface area (Å²) in [7, 11) is 1.83. The summed E-state index contributed by atoms with van der Waals surface area (Å²) >= 11 is 6.19. The summed E-state index contributed by atoms with van der Waals surface area (Å²) < 4.78 is 5.42. The molecule has 0 aliphatic heterocycles. The maximum atomic E-state index is 6.19. The Morgan fingerprint density at radius 1 is 1.26 bits per heavy atom. The predicted octanol–water partition coefficient (Wildman–Crippen LogP) is 3.55. The van der Waals surface area contributed by atoms with Gasteiger partial charge in [-0.15, -0.1) is 0 Å². The van der Waals surface area contributed by atoms with Gasteiger partial charge in [-0.3, -0.25) is 0 Å². The minimum absolute atomic E-state index is 0.585. The van der Waals surface area contributed by atoms with Gasteiger partial charge in [-0.2, -0.15) is 0 Å². The van der Waals surface area contributed by atoms with Crippen LogP contribution in [0.25, 0.3) is 11.3 Å². The van der Waals surface area contributed by atoms with Crippen molar-refractivity contribution in [2.45, 2.75) is 13.8 Å². The van der Waals surface area contributed by atoms with E-state index in [1.165, 1.54) is 0 Å². The number of halogens is 1. The van der Waals surface area contributed by atoms with Gasteiger partial charge in [0.25, 0.3) is 0 Å². The Morgan fingerprint density at radius 3 is 2.68 bits per heavy atom. The van der Waals surface area contributed by atoms with E-state index in [2.05, 4.69) is 15.3 Å². The lowest BCUT2D eigenvalue weighted by molar-refractivity contribution is 0.340. The lowest BCUT2D eigenvalue weighted by Gasteiger charge is -2.09. The van der Waals surface area contributed by atoms with Gasteiger partial charge in [-0.25, -0.2) is 9.97 Å². The summed E-state index contributed by atoms with van der Waals surface area (Å²) in [4.78, 5) is 8.69. The van der Waals surface area contributed by atoms with E-state index in [0.29, 0.717) is 23.2 Å². The normalized spacial score (nSPS) is 10.3. The molecule has 1 aromatic carbocycles. The van der Waals surface area contributed by atoms with E-state index in [-0.39, 0.29) is 0 Å². The van der Waals surface area contributed by atoms with Gasteiger partial charge in [-0.1, -0.05) is 11.6 Å². The fraction of sp³-hybridized carbons (Fsp3) is 0.286. The Hall–Kier alpha value is -1.81. The van der Waals surface area contributed by atoms with E-state index in [0.717, 1.165) is 17.1 Å². The molecular weight excluding hydrogens is 262 g/mol. The Kier molecular flexibility index (Phi) is 4.22. The van der Waals surface area contributed by atoms with Crippen molar-refractivity contribution < 1.29 is 4.74 Å². The maximum absolute atomic E-state index is 6.19. The quantitative estimate of drug-likeness (QED) is 0.928. The van der Waals surface area contributed by atoms with Crippen molar-refractivity contribution >= 4 is 17.4 Å². The molecule has 0 aliphatic rings. The first-order chi connectivity index (χ1) is 9.13. The largest absolute Gasteiger partial charge is 0.492 e. The van der Waals surface area contributed by atoms with Crippen LogP contribution in [0.2, 0.25) is 5.02 Å². The van der Waals surface area contributed by atoms with Crippen molar-refractivity contribution in [2.24, 2.45) is 0 Å². The summed E-state index contributed by atoms with van der Waals surface area (Å²) in [6.45, 7) is 4.38. The first-order valence-corrected chi connectivity index (χ1v) is 6.48. The first kappa shape index (κ1) is 13.6. The average molecular weight is 278 g/mol. The Balaban J connectivity index is 2.41. The van der Waals surface area contributed by atoms with Crippen molar-refractivity contribution in [2.75, 3.05) is 19.0 Å².